The fraction of sp³-hybridized carbons (Fsp3) is 0.786. The number of hydrogen-bond donors (Lipinski definition) is 4. The fourth-order valence-electron chi connectivity index (χ4n) is 5.93. The van der Waals surface area contributed by atoms with Crippen molar-refractivity contribution in [1.29, 1.82) is 0 Å². The molecule has 0 aromatic rings. The lowest BCUT2D eigenvalue weighted by atomic mass is 10.0. The average Bonchev–Trinajstić information content (AvgIpc) is 3.08. The van der Waals surface area contributed by atoms with Crippen LogP contribution in [0.2, 0.25) is 0 Å². The van der Waals surface area contributed by atoms with Crippen molar-refractivity contribution in [2.24, 2.45) is 0 Å². The van der Waals surface area contributed by atoms with Crippen molar-refractivity contribution in [1.82, 2.24) is 5.32 Å². The largest absolute Gasteiger partial charge is 0.387 e. The molecule has 7 nitrogen and oxygen atoms in total. The molecular formula is C42H77NO6S. The molecule has 292 valence electrons. The average molecular weight is 724 g/mol. The van der Waals surface area contributed by atoms with Crippen molar-refractivity contribution >= 4 is 16.0 Å². The summed E-state index contributed by atoms with van der Waals surface area (Å²) in [5, 5.41) is 23.4. The molecular weight excluding hydrogens is 647 g/mol. The van der Waals surface area contributed by atoms with Gasteiger partial charge in [-0.2, -0.15) is 8.42 Å². The van der Waals surface area contributed by atoms with E-state index in [1.807, 2.05) is 0 Å². The normalized spacial score (nSPS) is 14.4. The van der Waals surface area contributed by atoms with Crippen molar-refractivity contribution in [3.05, 3.63) is 48.6 Å². The number of aliphatic hydroxyl groups excluding tert-OH is 2. The smallest absolute Gasteiger partial charge is 0.267 e. The Morgan fingerprint density at radius 3 is 1.48 bits per heavy atom. The molecule has 1 amide bonds. The minimum absolute atomic E-state index is 0.267. The second kappa shape index (κ2) is 35.7. The van der Waals surface area contributed by atoms with Gasteiger partial charge in [0.2, 0.25) is 5.91 Å². The van der Waals surface area contributed by atoms with Crippen LogP contribution in [0, 0.1) is 0 Å². The highest BCUT2D eigenvalue weighted by Crippen LogP contribution is 2.14. The van der Waals surface area contributed by atoms with Gasteiger partial charge < -0.3 is 15.5 Å². The highest BCUT2D eigenvalue weighted by Gasteiger charge is 2.27. The molecule has 0 heterocycles. The molecule has 0 spiro atoms. The van der Waals surface area contributed by atoms with Gasteiger partial charge in [-0.1, -0.05) is 178 Å². The first kappa shape index (κ1) is 48.3. The Balaban J connectivity index is 4.09. The van der Waals surface area contributed by atoms with Gasteiger partial charge in [0.25, 0.3) is 10.1 Å². The molecule has 0 saturated carbocycles. The first-order valence-electron chi connectivity index (χ1n) is 20.5. The molecule has 0 aliphatic rings. The predicted octanol–water partition coefficient (Wildman–Crippen LogP) is 10.9. The highest BCUT2D eigenvalue weighted by molar-refractivity contribution is 7.85. The lowest BCUT2D eigenvalue weighted by molar-refractivity contribution is -0.130. The maximum Gasteiger partial charge on any atom is 0.267 e. The van der Waals surface area contributed by atoms with E-state index in [1.165, 1.54) is 122 Å². The Kier molecular flexibility index (Phi) is 34.4. The number of allylic oxidation sites excluding steroid dienone is 7. The molecule has 8 heteroatoms. The summed E-state index contributed by atoms with van der Waals surface area (Å²) in [5.74, 6) is -1.56. The molecule has 0 radical (unpaired) electrons. The van der Waals surface area contributed by atoms with Gasteiger partial charge in [-0.05, 0) is 57.8 Å². The summed E-state index contributed by atoms with van der Waals surface area (Å²) in [5.41, 5.74) is 0. The summed E-state index contributed by atoms with van der Waals surface area (Å²) in [6.45, 7) is 4.47. The number of rotatable bonds is 36. The van der Waals surface area contributed by atoms with Crippen LogP contribution in [0.25, 0.3) is 0 Å². The Morgan fingerprint density at radius 1 is 0.560 bits per heavy atom. The molecule has 50 heavy (non-hydrogen) atoms. The van der Waals surface area contributed by atoms with E-state index in [0.29, 0.717) is 12.8 Å². The van der Waals surface area contributed by atoms with Crippen LogP contribution in [0.3, 0.4) is 0 Å². The minimum atomic E-state index is -4.45. The number of amides is 1. The van der Waals surface area contributed by atoms with Crippen LogP contribution in [-0.2, 0) is 14.9 Å². The molecule has 0 rings (SSSR count). The third-order valence-electron chi connectivity index (χ3n) is 9.11. The highest BCUT2D eigenvalue weighted by atomic mass is 32.2. The van der Waals surface area contributed by atoms with Crippen LogP contribution >= 0.6 is 0 Å². The summed E-state index contributed by atoms with van der Waals surface area (Å²) in [6, 6.07) is -1.25. The third kappa shape index (κ3) is 34.7. The third-order valence-corrected chi connectivity index (χ3v) is 9.89. The maximum absolute atomic E-state index is 12.6. The van der Waals surface area contributed by atoms with E-state index in [2.05, 4.69) is 55.6 Å². The van der Waals surface area contributed by atoms with Crippen molar-refractivity contribution in [2.75, 3.05) is 5.75 Å². The summed E-state index contributed by atoms with van der Waals surface area (Å²) in [4.78, 5) is 12.6. The van der Waals surface area contributed by atoms with Crippen molar-refractivity contribution < 1.29 is 28.0 Å². The summed E-state index contributed by atoms with van der Waals surface area (Å²) in [7, 11) is -4.45. The standard InChI is InChI=1S/C42H77NO6S/c1-3-5-7-9-11-13-15-17-19-20-21-23-25-27-29-31-33-35-37-41(45)42(46)43-39(38-50(47,48)49)40(44)36-34-32-30-28-26-24-22-18-16-14-12-10-8-6-4-2/h11,13,15,17,26,28,34,36,39-41,44-45H,3-10,12,14,16,18-25,27,29-33,35,37-38H2,1-2H3,(H,43,46)(H,47,48,49)/b13-11-,17-15-,28-26+,36-34+. The second-order valence-corrected chi connectivity index (χ2v) is 15.6. The zero-order chi connectivity index (χ0) is 37.0. The number of carbonyl (C=O) groups is 1. The Bertz CT molecular complexity index is 990. The molecule has 3 atom stereocenters. The van der Waals surface area contributed by atoms with Gasteiger partial charge in [-0.25, -0.2) is 0 Å². The molecule has 4 N–H and O–H groups in total. The van der Waals surface area contributed by atoms with E-state index in [-0.39, 0.29) is 6.42 Å². The van der Waals surface area contributed by atoms with Crippen LogP contribution in [0.15, 0.2) is 48.6 Å². The second-order valence-electron chi connectivity index (χ2n) is 14.1. The first-order chi connectivity index (χ1) is 24.2. The zero-order valence-corrected chi connectivity index (χ0v) is 32.9. The maximum atomic E-state index is 12.6. The van der Waals surface area contributed by atoms with Gasteiger partial charge in [0.1, 0.15) is 6.10 Å². The predicted molar refractivity (Wildman–Crippen MR) is 213 cm³/mol. The van der Waals surface area contributed by atoms with E-state index >= 15 is 0 Å². The Morgan fingerprint density at radius 2 is 0.960 bits per heavy atom. The number of hydrogen-bond acceptors (Lipinski definition) is 5. The van der Waals surface area contributed by atoms with Gasteiger partial charge in [-0.3, -0.25) is 9.35 Å². The van der Waals surface area contributed by atoms with Crippen molar-refractivity contribution in [3.63, 3.8) is 0 Å². The van der Waals surface area contributed by atoms with E-state index in [1.54, 1.807) is 6.08 Å². The van der Waals surface area contributed by atoms with Crippen molar-refractivity contribution in [3.8, 4) is 0 Å². The molecule has 0 aliphatic carbocycles. The van der Waals surface area contributed by atoms with Crippen LogP contribution in [-0.4, -0.2) is 53.1 Å². The van der Waals surface area contributed by atoms with Crippen LogP contribution in [0.1, 0.15) is 187 Å². The summed E-state index contributed by atoms with van der Waals surface area (Å²) in [6.07, 6.45) is 44.5. The lowest BCUT2D eigenvalue weighted by Gasteiger charge is -2.22. The van der Waals surface area contributed by atoms with Gasteiger partial charge in [0.05, 0.1) is 17.9 Å². The number of aliphatic hydroxyl groups is 2. The molecule has 3 unspecified atom stereocenters. The number of nitrogens with one attached hydrogen (secondary N) is 1. The quantitative estimate of drug-likeness (QED) is 0.0221. The molecule has 0 saturated heterocycles. The fourth-order valence-corrected chi connectivity index (χ4v) is 6.67. The van der Waals surface area contributed by atoms with E-state index in [9.17, 15) is 28.0 Å². The monoisotopic (exact) mass is 724 g/mol. The lowest BCUT2D eigenvalue weighted by Crippen LogP contribution is -2.50. The molecule has 0 aliphatic heterocycles. The van der Waals surface area contributed by atoms with Crippen LogP contribution in [0.5, 0.6) is 0 Å². The first-order valence-corrected chi connectivity index (χ1v) is 22.1. The molecule has 0 fully saturated rings. The van der Waals surface area contributed by atoms with E-state index in [4.69, 9.17) is 0 Å². The van der Waals surface area contributed by atoms with Gasteiger partial charge >= 0.3 is 0 Å². The van der Waals surface area contributed by atoms with Gasteiger partial charge in [-0.15, -0.1) is 0 Å². The SMILES string of the molecule is CCCCC/C=C\C=C/CCCCCCCCCCCC(O)C(=O)NC(CS(=O)(=O)O)C(O)/C=C/CC/C=C/CCCCCCCCCCC. The van der Waals surface area contributed by atoms with Crippen LogP contribution in [0.4, 0.5) is 0 Å². The molecule has 0 aromatic heterocycles. The van der Waals surface area contributed by atoms with E-state index < -0.39 is 40.0 Å². The number of carbonyl (C=O) groups excluding carboxylic acids is 1. The van der Waals surface area contributed by atoms with Crippen molar-refractivity contribution in [2.45, 2.75) is 205 Å². The number of unbranched alkanes of at least 4 members (excludes halogenated alkanes) is 22. The van der Waals surface area contributed by atoms with E-state index in [0.717, 1.165) is 38.5 Å². The van der Waals surface area contributed by atoms with Gasteiger partial charge in [0, 0.05) is 0 Å². The topological polar surface area (TPSA) is 124 Å². The minimum Gasteiger partial charge on any atom is -0.387 e. The Labute approximate surface area is 308 Å². The zero-order valence-electron chi connectivity index (χ0n) is 32.1. The summed E-state index contributed by atoms with van der Waals surface area (Å²) < 4.78 is 32.5. The van der Waals surface area contributed by atoms with Gasteiger partial charge in [0.15, 0.2) is 0 Å². The molecule has 0 aromatic carbocycles. The Hall–Kier alpha value is -1.74. The van der Waals surface area contributed by atoms with Crippen LogP contribution < -0.4 is 5.32 Å². The molecule has 0 bridgehead atoms. The summed E-state index contributed by atoms with van der Waals surface area (Å²) >= 11 is 0.